The molecule has 0 bridgehead atoms. The van der Waals surface area contributed by atoms with E-state index in [0.29, 0.717) is 6.04 Å². The maximum absolute atomic E-state index is 3.28. The zero-order valence-electron chi connectivity index (χ0n) is 6.50. The molecule has 58 valence electrons. The van der Waals surface area contributed by atoms with Gasteiger partial charge >= 0.3 is 0 Å². The summed E-state index contributed by atoms with van der Waals surface area (Å²) in [6, 6.07) is 9.42. The lowest BCUT2D eigenvalue weighted by Crippen LogP contribution is -1.82. The van der Waals surface area contributed by atoms with Crippen molar-refractivity contribution in [1.82, 2.24) is 5.32 Å². The van der Waals surface area contributed by atoms with Gasteiger partial charge in [-0.1, -0.05) is 12.1 Å². The van der Waals surface area contributed by atoms with Crippen molar-refractivity contribution < 1.29 is 0 Å². The lowest BCUT2D eigenvalue weighted by molar-refractivity contribution is 1.07. The topological polar surface area (TPSA) is 21.9 Å². The molecule has 1 aromatic carbocycles. The Kier molecular flexibility index (Phi) is 1.88. The monoisotopic (exact) mass is 165 g/mol. The molecule has 0 unspecified atom stereocenters. The lowest BCUT2D eigenvalue weighted by atomic mass is 10.2. The molecule has 1 aliphatic rings. The fourth-order valence-corrected chi connectivity index (χ4v) is 1.54. The molecule has 1 saturated heterocycles. The van der Waals surface area contributed by atoms with E-state index in [1.165, 1.54) is 10.5 Å². The maximum Gasteiger partial charge on any atom is 0.0447 e. The first-order valence-corrected chi connectivity index (χ1v) is 5.00. The zero-order valence-corrected chi connectivity index (χ0v) is 7.32. The third kappa shape index (κ3) is 1.57. The Labute approximate surface area is 71.2 Å². The highest BCUT2D eigenvalue weighted by atomic mass is 32.2. The average Bonchev–Trinajstić information content (AvgIpc) is 2.87. The van der Waals surface area contributed by atoms with Gasteiger partial charge in [0.2, 0.25) is 0 Å². The highest BCUT2D eigenvalue weighted by Crippen LogP contribution is 2.23. The molecule has 1 atom stereocenters. The Morgan fingerprint density at radius 2 is 2.00 bits per heavy atom. The molecule has 2 heteroatoms. The molecule has 11 heavy (non-hydrogen) atoms. The normalized spacial score (nSPS) is 21.7. The van der Waals surface area contributed by atoms with Gasteiger partial charge in [0.05, 0.1) is 0 Å². The summed E-state index contributed by atoms with van der Waals surface area (Å²) in [6.07, 6.45) is 2.10. The van der Waals surface area contributed by atoms with Crippen molar-refractivity contribution in [2.45, 2.75) is 10.9 Å². The van der Waals surface area contributed by atoms with Crippen LogP contribution in [0, 0.1) is 0 Å². The van der Waals surface area contributed by atoms with Gasteiger partial charge in [0.25, 0.3) is 0 Å². The van der Waals surface area contributed by atoms with E-state index in [9.17, 15) is 0 Å². The van der Waals surface area contributed by atoms with Crippen LogP contribution < -0.4 is 5.32 Å². The van der Waals surface area contributed by atoms with Crippen molar-refractivity contribution in [3.05, 3.63) is 29.8 Å². The van der Waals surface area contributed by atoms with Gasteiger partial charge in [-0.25, -0.2) is 0 Å². The predicted molar refractivity (Wildman–Crippen MR) is 49.0 cm³/mol. The summed E-state index contributed by atoms with van der Waals surface area (Å²) in [4.78, 5) is 1.34. The van der Waals surface area contributed by atoms with E-state index in [1.54, 1.807) is 11.8 Å². The van der Waals surface area contributed by atoms with E-state index < -0.39 is 0 Å². The van der Waals surface area contributed by atoms with Gasteiger partial charge < -0.3 is 5.32 Å². The molecule has 1 nitrogen and oxygen atoms in total. The van der Waals surface area contributed by atoms with E-state index in [1.807, 2.05) is 0 Å². The Bertz CT molecular complexity index is 238. The average molecular weight is 165 g/mol. The quantitative estimate of drug-likeness (QED) is 0.535. The van der Waals surface area contributed by atoms with Crippen LogP contribution >= 0.6 is 11.8 Å². The first-order chi connectivity index (χ1) is 5.40. The molecule has 1 aliphatic heterocycles. The molecule has 0 aromatic heterocycles. The Morgan fingerprint density at radius 3 is 2.45 bits per heavy atom. The van der Waals surface area contributed by atoms with Crippen LogP contribution in [0.2, 0.25) is 0 Å². The molecule has 2 rings (SSSR count). The van der Waals surface area contributed by atoms with E-state index in [4.69, 9.17) is 0 Å². The van der Waals surface area contributed by atoms with Crippen LogP contribution in [0.3, 0.4) is 0 Å². The summed E-state index contributed by atoms with van der Waals surface area (Å²) in [7, 11) is 0. The van der Waals surface area contributed by atoms with Crippen molar-refractivity contribution in [3.63, 3.8) is 0 Å². The van der Waals surface area contributed by atoms with Gasteiger partial charge in [0, 0.05) is 17.5 Å². The molecule has 1 fully saturated rings. The molecule has 0 spiro atoms. The fraction of sp³-hybridized carbons (Fsp3) is 0.333. The number of hydrogen-bond acceptors (Lipinski definition) is 2. The highest BCUT2D eigenvalue weighted by Gasteiger charge is 2.21. The van der Waals surface area contributed by atoms with Crippen LogP contribution in [0.1, 0.15) is 11.6 Å². The standard InChI is InChI=1S/C9H11NS/c1-11-8-4-2-7(3-5-8)9-6-10-9/h2-5,9-10H,6H2,1H3/t9-/m1/s1. The molecular formula is C9H11NS. The van der Waals surface area contributed by atoms with Crippen molar-refractivity contribution in [2.75, 3.05) is 12.8 Å². The van der Waals surface area contributed by atoms with Gasteiger partial charge in [-0.15, -0.1) is 11.8 Å². The van der Waals surface area contributed by atoms with E-state index in [-0.39, 0.29) is 0 Å². The third-order valence-electron chi connectivity index (χ3n) is 1.93. The van der Waals surface area contributed by atoms with Gasteiger partial charge in [-0.2, -0.15) is 0 Å². The van der Waals surface area contributed by atoms with Crippen LogP contribution in [0.4, 0.5) is 0 Å². The molecule has 1 N–H and O–H groups in total. The SMILES string of the molecule is CSc1ccc([C@H]2CN2)cc1. The second-order valence-electron chi connectivity index (χ2n) is 2.73. The van der Waals surface area contributed by atoms with E-state index in [2.05, 4.69) is 35.8 Å². The minimum absolute atomic E-state index is 0.644. The van der Waals surface area contributed by atoms with Crippen molar-refractivity contribution in [1.29, 1.82) is 0 Å². The van der Waals surface area contributed by atoms with Crippen LogP contribution in [0.15, 0.2) is 29.2 Å². The summed E-state index contributed by atoms with van der Waals surface area (Å²) < 4.78 is 0. The van der Waals surface area contributed by atoms with Crippen LogP contribution in [0.5, 0.6) is 0 Å². The summed E-state index contributed by atoms with van der Waals surface area (Å²) in [5.41, 5.74) is 1.42. The lowest BCUT2D eigenvalue weighted by Gasteiger charge is -1.97. The first kappa shape index (κ1) is 7.19. The first-order valence-electron chi connectivity index (χ1n) is 3.77. The van der Waals surface area contributed by atoms with Crippen molar-refractivity contribution in [3.8, 4) is 0 Å². The molecule has 0 amide bonds. The third-order valence-corrected chi connectivity index (χ3v) is 2.67. The summed E-state index contributed by atoms with van der Waals surface area (Å²) in [5, 5.41) is 3.28. The zero-order chi connectivity index (χ0) is 7.68. The van der Waals surface area contributed by atoms with Gasteiger partial charge in [-0.05, 0) is 24.0 Å². The Morgan fingerprint density at radius 1 is 1.36 bits per heavy atom. The smallest absolute Gasteiger partial charge is 0.0447 e. The highest BCUT2D eigenvalue weighted by molar-refractivity contribution is 7.98. The second-order valence-corrected chi connectivity index (χ2v) is 3.61. The predicted octanol–water partition coefficient (Wildman–Crippen LogP) is 2.05. The van der Waals surface area contributed by atoms with Crippen LogP contribution in [-0.4, -0.2) is 12.8 Å². The number of benzene rings is 1. The number of rotatable bonds is 2. The molecule has 1 aromatic rings. The van der Waals surface area contributed by atoms with E-state index >= 15 is 0 Å². The maximum atomic E-state index is 3.28. The van der Waals surface area contributed by atoms with Gasteiger partial charge in [-0.3, -0.25) is 0 Å². The van der Waals surface area contributed by atoms with E-state index in [0.717, 1.165) is 6.54 Å². The summed E-state index contributed by atoms with van der Waals surface area (Å²) >= 11 is 1.79. The second kappa shape index (κ2) is 2.88. The number of thioether (sulfide) groups is 1. The van der Waals surface area contributed by atoms with Crippen LogP contribution in [0.25, 0.3) is 0 Å². The number of hydrogen-bond donors (Lipinski definition) is 1. The summed E-state index contributed by atoms with van der Waals surface area (Å²) in [5.74, 6) is 0. The van der Waals surface area contributed by atoms with Crippen molar-refractivity contribution >= 4 is 11.8 Å². The molecular weight excluding hydrogens is 154 g/mol. The molecule has 0 radical (unpaired) electrons. The fourth-order valence-electron chi connectivity index (χ4n) is 1.13. The molecule has 0 saturated carbocycles. The minimum Gasteiger partial charge on any atom is -0.307 e. The van der Waals surface area contributed by atoms with Gasteiger partial charge in [0.1, 0.15) is 0 Å². The Balaban J connectivity index is 2.19. The van der Waals surface area contributed by atoms with Gasteiger partial charge in [0.15, 0.2) is 0 Å². The van der Waals surface area contributed by atoms with Crippen LogP contribution in [-0.2, 0) is 0 Å². The largest absolute Gasteiger partial charge is 0.307 e. The minimum atomic E-state index is 0.644. The number of nitrogens with one attached hydrogen (secondary N) is 1. The molecule has 1 heterocycles. The molecule has 0 aliphatic carbocycles. The van der Waals surface area contributed by atoms with Crippen molar-refractivity contribution in [2.24, 2.45) is 0 Å². The Hall–Kier alpha value is -0.470. The summed E-state index contributed by atoms with van der Waals surface area (Å²) in [6.45, 7) is 1.15.